The minimum atomic E-state index is -0.00843. The first kappa shape index (κ1) is 17.6. The predicted octanol–water partition coefficient (Wildman–Crippen LogP) is 1.07. The quantitative estimate of drug-likeness (QED) is 0.838. The normalized spacial score (nSPS) is 25.3. The predicted molar refractivity (Wildman–Crippen MR) is 105 cm³/mol. The Morgan fingerprint density at radius 2 is 1.96 bits per heavy atom. The number of anilines is 1. The maximum absolute atomic E-state index is 12.9. The van der Waals surface area contributed by atoms with Crippen molar-refractivity contribution in [3.8, 4) is 0 Å². The van der Waals surface area contributed by atoms with Crippen molar-refractivity contribution in [1.82, 2.24) is 30.0 Å². The molecule has 1 atom stereocenters. The number of H-pyrrole nitrogens is 1. The van der Waals surface area contributed by atoms with Crippen LogP contribution in [0.4, 0.5) is 5.82 Å². The zero-order chi connectivity index (χ0) is 19.1. The van der Waals surface area contributed by atoms with Gasteiger partial charge in [-0.2, -0.15) is 5.10 Å². The molecule has 1 spiro atoms. The van der Waals surface area contributed by atoms with E-state index in [1.165, 1.54) is 17.7 Å². The minimum Gasteiger partial charge on any atom is -0.354 e. The number of nitrogens with one attached hydrogen (secondary N) is 1. The first-order valence-electron chi connectivity index (χ1n) is 10.2. The number of piperazine rings is 1. The topological polar surface area (TPSA) is 81.2 Å². The number of rotatable bonds is 2. The molecule has 0 radical (unpaired) electrons. The first-order chi connectivity index (χ1) is 13.6. The fraction of sp³-hybridized carbons (Fsp3) is 0.600. The molecule has 2 aromatic heterocycles. The Morgan fingerprint density at radius 3 is 2.82 bits per heavy atom. The second-order valence-electron chi connectivity index (χ2n) is 8.43. The van der Waals surface area contributed by atoms with E-state index in [0.29, 0.717) is 5.69 Å². The number of amides is 1. The summed E-state index contributed by atoms with van der Waals surface area (Å²) in [4.78, 5) is 28.4. The van der Waals surface area contributed by atoms with Gasteiger partial charge in [0, 0.05) is 50.4 Å². The summed E-state index contributed by atoms with van der Waals surface area (Å²) in [5.74, 6) is 0.804. The molecule has 1 amide bonds. The van der Waals surface area contributed by atoms with Gasteiger partial charge >= 0.3 is 0 Å². The van der Waals surface area contributed by atoms with Crippen LogP contribution in [-0.2, 0) is 11.8 Å². The van der Waals surface area contributed by atoms with Crippen LogP contribution in [0.3, 0.4) is 0 Å². The number of piperidine rings is 1. The van der Waals surface area contributed by atoms with Crippen LogP contribution in [0, 0.1) is 0 Å². The average molecular weight is 381 g/mol. The van der Waals surface area contributed by atoms with Crippen LogP contribution < -0.4 is 4.90 Å². The summed E-state index contributed by atoms with van der Waals surface area (Å²) in [6, 6.07) is 0. The fourth-order valence-corrected chi connectivity index (χ4v) is 4.98. The molecule has 1 unspecified atom stereocenters. The molecule has 0 aromatic carbocycles. The van der Waals surface area contributed by atoms with Gasteiger partial charge in [-0.3, -0.25) is 14.9 Å². The molecule has 1 aliphatic carbocycles. The average Bonchev–Trinajstić information content (AvgIpc) is 3.33. The van der Waals surface area contributed by atoms with Gasteiger partial charge in [0.2, 0.25) is 0 Å². The smallest absolute Gasteiger partial charge is 0.274 e. The molecular weight excluding hydrogens is 354 g/mol. The van der Waals surface area contributed by atoms with Gasteiger partial charge < -0.3 is 14.7 Å². The Morgan fingerprint density at radius 1 is 1.11 bits per heavy atom. The Labute approximate surface area is 164 Å². The molecule has 8 heteroatoms. The van der Waals surface area contributed by atoms with Crippen LogP contribution in [0.5, 0.6) is 0 Å². The zero-order valence-electron chi connectivity index (χ0n) is 16.4. The number of aromatic amines is 1. The molecule has 3 aliphatic rings. The fourth-order valence-electron chi connectivity index (χ4n) is 4.98. The maximum Gasteiger partial charge on any atom is 0.274 e. The molecule has 28 heavy (non-hydrogen) atoms. The summed E-state index contributed by atoms with van der Waals surface area (Å²) in [6.45, 7) is 5.16. The standard InChI is InChI=1S/C20H27N7O/c1-25-7-9-26(10-8-25)19(28)16-12-21-13-17(23-16)27-6-2-4-20(14-27)5-3-15-11-22-24-18(15)20/h11-13H,2-10,14H2,1H3,(H,22,24). The van der Waals surface area contributed by atoms with Crippen molar-refractivity contribution >= 4 is 11.7 Å². The van der Waals surface area contributed by atoms with Crippen LogP contribution in [-0.4, -0.2) is 82.2 Å². The lowest BCUT2D eigenvalue weighted by molar-refractivity contribution is 0.0658. The zero-order valence-corrected chi connectivity index (χ0v) is 16.4. The van der Waals surface area contributed by atoms with E-state index in [9.17, 15) is 4.79 Å². The molecule has 0 saturated carbocycles. The van der Waals surface area contributed by atoms with Gasteiger partial charge in [0.25, 0.3) is 5.91 Å². The van der Waals surface area contributed by atoms with Gasteiger partial charge in [0.15, 0.2) is 0 Å². The number of carbonyl (C=O) groups is 1. The Balaban J connectivity index is 1.36. The third-order valence-electron chi connectivity index (χ3n) is 6.65. The van der Waals surface area contributed by atoms with Crippen molar-refractivity contribution in [3.63, 3.8) is 0 Å². The van der Waals surface area contributed by atoms with E-state index in [1.54, 1.807) is 12.4 Å². The number of hydrogen-bond donors (Lipinski definition) is 1. The molecule has 5 rings (SSSR count). The van der Waals surface area contributed by atoms with Crippen molar-refractivity contribution in [3.05, 3.63) is 35.5 Å². The summed E-state index contributed by atoms with van der Waals surface area (Å²) in [5, 5.41) is 7.51. The largest absolute Gasteiger partial charge is 0.354 e. The lowest BCUT2D eigenvalue weighted by Crippen LogP contribution is -2.47. The third-order valence-corrected chi connectivity index (χ3v) is 6.65. The number of carbonyl (C=O) groups excluding carboxylic acids is 1. The van der Waals surface area contributed by atoms with E-state index in [1.807, 2.05) is 11.1 Å². The molecule has 2 aliphatic heterocycles. The Kier molecular flexibility index (Phi) is 4.30. The van der Waals surface area contributed by atoms with E-state index in [4.69, 9.17) is 4.98 Å². The number of hydrogen-bond acceptors (Lipinski definition) is 6. The molecule has 2 fully saturated rings. The number of nitrogens with zero attached hydrogens (tertiary/aromatic N) is 6. The maximum atomic E-state index is 12.9. The van der Waals surface area contributed by atoms with Crippen molar-refractivity contribution in [2.24, 2.45) is 0 Å². The molecular formula is C20H27N7O. The molecule has 8 nitrogen and oxygen atoms in total. The second kappa shape index (κ2) is 6.84. The summed E-state index contributed by atoms with van der Waals surface area (Å²) >= 11 is 0. The summed E-state index contributed by atoms with van der Waals surface area (Å²) in [7, 11) is 2.09. The highest BCUT2D eigenvalue weighted by molar-refractivity contribution is 5.92. The summed E-state index contributed by atoms with van der Waals surface area (Å²) in [6.07, 6.45) is 9.89. The van der Waals surface area contributed by atoms with Gasteiger partial charge in [-0.15, -0.1) is 0 Å². The molecule has 2 saturated heterocycles. The van der Waals surface area contributed by atoms with Crippen LogP contribution in [0.2, 0.25) is 0 Å². The SMILES string of the molecule is CN1CCN(C(=O)c2cncc(N3CCCC4(CCc5cn[nH]c54)C3)n2)CC1. The summed E-state index contributed by atoms with van der Waals surface area (Å²) in [5.41, 5.74) is 3.24. The van der Waals surface area contributed by atoms with Gasteiger partial charge in [-0.05, 0) is 38.3 Å². The number of aryl methyl sites for hydroxylation is 1. The Hall–Kier alpha value is -2.48. The highest BCUT2D eigenvalue weighted by atomic mass is 16.2. The van der Waals surface area contributed by atoms with Crippen LogP contribution in [0.15, 0.2) is 18.6 Å². The van der Waals surface area contributed by atoms with E-state index in [-0.39, 0.29) is 11.3 Å². The number of likely N-dealkylation sites (N-methyl/N-ethyl adjacent to an activating group) is 1. The van der Waals surface area contributed by atoms with E-state index >= 15 is 0 Å². The van der Waals surface area contributed by atoms with Crippen molar-refractivity contribution in [1.29, 1.82) is 0 Å². The van der Waals surface area contributed by atoms with Crippen LogP contribution in [0.1, 0.15) is 41.0 Å². The molecule has 4 heterocycles. The first-order valence-corrected chi connectivity index (χ1v) is 10.2. The molecule has 1 N–H and O–H groups in total. The molecule has 148 valence electrons. The van der Waals surface area contributed by atoms with Gasteiger partial charge in [-0.1, -0.05) is 0 Å². The van der Waals surface area contributed by atoms with E-state index < -0.39 is 0 Å². The monoisotopic (exact) mass is 381 g/mol. The van der Waals surface area contributed by atoms with Gasteiger partial charge in [-0.25, -0.2) is 4.98 Å². The lowest BCUT2D eigenvalue weighted by Gasteiger charge is -2.41. The Bertz CT molecular complexity index is 873. The highest BCUT2D eigenvalue weighted by Gasteiger charge is 2.43. The second-order valence-corrected chi connectivity index (χ2v) is 8.43. The third kappa shape index (κ3) is 2.96. The van der Waals surface area contributed by atoms with Gasteiger partial charge in [0.05, 0.1) is 18.6 Å². The molecule has 2 aromatic rings. The van der Waals surface area contributed by atoms with E-state index in [2.05, 4.69) is 32.0 Å². The number of fused-ring (bicyclic) bond motifs is 2. The lowest BCUT2D eigenvalue weighted by atomic mass is 9.78. The van der Waals surface area contributed by atoms with Crippen molar-refractivity contribution in [2.75, 3.05) is 51.2 Å². The van der Waals surface area contributed by atoms with Gasteiger partial charge in [0.1, 0.15) is 11.5 Å². The van der Waals surface area contributed by atoms with Crippen molar-refractivity contribution in [2.45, 2.75) is 31.1 Å². The molecule has 0 bridgehead atoms. The highest BCUT2D eigenvalue weighted by Crippen LogP contribution is 2.44. The van der Waals surface area contributed by atoms with Crippen molar-refractivity contribution < 1.29 is 4.79 Å². The summed E-state index contributed by atoms with van der Waals surface area (Å²) < 4.78 is 0. The minimum absolute atomic E-state index is 0.00843. The van der Waals surface area contributed by atoms with Crippen LogP contribution >= 0.6 is 0 Å². The van der Waals surface area contributed by atoms with Crippen LogP contribution in [0.25, 0.3) is 0 Å². The van der Waals surface area contributed by atoms with E-state index in [0.717, 1.165) is 64.3 Å². The number of aromatic nitrogens is 4.